The quantitative estimate of drug-likeness (QED) is 0.802. The lowest BCUT2D eigenvalue weighted by Gasteiger charge is -2.23. The van der Waals surface area contributed by atoms with Gasteiger partial charge in [0.05, 0.1) is 4.90 Å². The zero-order valence-corrected chi connectivity index (χ0v) is 16.6. The van der Waals surface area contributed by atoms with Crippen LogP contribution >= 0.6 is 0 Å². The van der Waals surface area contributed by atoms with Gasteiger partial charge in [-0.05, 0) is 50.1 Å². The van der Waals surface area contributed by atoms with Gasteiger partial charge >= 0.3 is 0 Å². The fourth-order valence-electron chi connectivity index (χ4n) is 3.26. The summed E-state index contributed by atoms with van der Waals surface area (Å²) in [6, 6.07) is 12.3. The number of nitrogens with one attached hydrogen (secondary N) is 2. The smallest absolute Gasteiger partial charge is 0.261 e. The van der Waals surface area contributed by atoms with Crippen molar-refractivity contribution in [1.82, 2.24) is 10.2 Å². The first kappa shape index (κ1) is 19.9. The van der Waals surface area contributed by atoms with Gasteiger partial charge in [0.2, 0.25) is 5.91 Å². The van der Waals surface area contributed by atoms with Crippen molar-refractivity contribution in [3.05, 3.63) is 59.7 Å². The minimum absolute atomic E-state index is 0.147. The third-order valence-corrected chi connectivity index (χ3v) is 6.15. The van der Waals surface area contributed by atoms with E-state index in [1.165, 1.54) is 23.1 Å². The van der Waals surface area contributed by atoms with Gasteiger partial charge in [-0.1, -0.05) is 23.8 Å². The molecule has 28 heavy (non-hydrogen) atoms. The van der Waals surface area contributed by atoms with Crippen LogP contribution in [0.3, 0.4) is 0 Å². The van der Waals surface area contributed by atoms with Crippen LogP contribution in [0.2, 0.25) is 0 Å². The van der Waals surface area contributed by atoms with E-state index < -0.39 is 16.1 Å². The van der Waals surface area contributed by atoms with E-state index in [9.17, 15) is 18.0 Å². The predicted octanol–water partition coefficient (Wildman–Crippen LogP) is 2.15. The number of nitrogens with zero attached hydrogens (tertiary/aromatic N) is 1. The van der Waals surface area contributed by atoms with Gasteiger partial charge < -0.3 is 10.2 Å². The van der Waals surface area contributed by atoms with Crippen molar-refractivity contribution in [3.63, 3.8) is 0 Å². The van der Waals surface area contributed by atoms with E-state index in [0.29, 0.717) is 24.2 Å². The van der Waals surface area contributed by atoms with E-state index in [1.54, 1.807) is 37.4 Å². The number of carbonyl (C=O) groups excluding carboxylic acids is 2. The zero-order valence-electron chi connectivity index (χ0n) is 15.8. The van der Waals surface area contributed by atoms with Crippen molar-refractivity contribution < 1.29 is 18.0 Å². The molecule has 1 aliphatic heterocycles. The average Bonchev–Trinajstić information content (AvgIpc) is 3.17. The van der Waals surface area contributed by atoms with Crippen LogP contribution in [0.15, 0.2) is 53.4 Å². The van der Waals surface area contributed by atoms with Crippen LogP contribution in [0, 0.1) is 6.92 Å². The van der Waals surface area contributed by atoms with E-state index in [4.69, 9.17) is 0 Å². The maximum absolute atomic E-state index is 12.9. The summed E-state index contributed by atoms with van der Waals surface area (Å²) in [7, 11) is -2.21. The Morgan fingerprint density at radius 2 is 1.82 bits per heavy atom. The van der Waals surface area contributed by atoms with Gasteiger partial charge in [-0.25, -0.2) is 8.42 Å². The van der Waals surface area contributed by atoms with E-state index in [2.05, 4.69) is 10.0 Å². The Balaban J connectivity index is 1.81. The second-order valence-electron chi connectivity index (χ2n) is 6.77. The maximum Gasteiger partial charge on any atom is 0.261 e. The third-order valence-electron chi connectivity index (χ3n) is 4.76. The normalized spacial score (nSPS) is 16.6. The monoisotopic (exact) mass is 401 g/mol. The standard InChI is InChI=1S/C20H23N3O4S/c1-14-8-10-17(11-9-14)28(26,27)22-16-6-3-5-15(13-16)20(25)23-12-4-7-18(23)19(24)21-2/h3,5-6,8-11,13,18,22H,4,7,12H2,1-2H3,(H,21,24). The second kappa shape index (κ2) is 8.02. The fourth-order valence-corrected chi connectivity index (χ4v) is 4.31. The number of anilines is 1. The van der Waals surface area contributed by atoms with Crippen molar-refractivity contribution in [1.29, 1.82) is 0 Å². The molecule has 0 saturated carbocycles. The van der Waals surface area contributed by atoms with Crippen molar-refractivity contribution >= 4 is 27.5 Å². The highest BCUT2D eigenvalue weighted by molar-refractivity contribution is 7.92. The molecule has 0 radical (unpaired) electrons. The van der Waals surface area contributed by atoms with Gasteiger partial charge in [-0.15, -0.1) is 0 Å². The number of hydrogen-bond acceptors (Lipinski definition) is 4. The summed E-state index contributed by atoms with van der Waals surface area (Å²) in [5.74, 6) is -0.482. The van der Waals surface area contributed by atoms with Crippen molar-refractivity contribution in [2.75, 3.05) is 18.3 Å². The summed E-state index contributed by atoms with van der Waals surface area (Å²) in [6.45, 7) is 2.37. The lowest BCUT2D eigenvalue weighted by molar-refractivity contribution is -0.124. The molecule has 7 nitrogen and oxygen atoms in total. The van der Waals surface area contributed by atoms with Crippen LogP contribution in [-0.2, 0) is 14.8 Å². The first-order valence-electron chi connectivity index (χ1n) is 9.04. The summed E-state index contributed by atoms with van der Waals surface area (Å²) in [5.41, 5.74) is 1.59. The van der Waals surface area contributed by atoms with Gasteiger partial charge in [-0.2, -0.15) is 0 Å². The van der Waals surface area contributed by atoms with Crippen LogP contribution < -0.4 is 10.0 Å². The molecule has 2 N–H and O–H groups in total. The summed E-state index contributed by atoms with van der Waals surface area (Å²) >= 11 is 0. The minimum Gasteiger partial charge on any atom is -0.357 e. The number of hydrogen-bond donors (Lipinski definition) is 2. The number of likely N-dealkylation sites (N-methyl/N-ethyl adjacent to an activating group) is 1. The Bertz CT molecular complexity index is 987. The van der Waals surface area contributed by atoms with Gasteiger partial charge in [0.25, 0.3) is 15.9 Å². The molecule has 1 fully saturated rings. The Morgan fingerprint density at radius 3 is 2.50 bits per heavy atom. The van der Waals surface area contributed by atoms with E-state index in [1.807, 2.05) is 6.92 Å². The minimum atomic E-state index is -3.76. The molecule has 0 aliphatic carbocycles. The Kier molecular flexibility index (Phi) is 5.69. The summed E-state index contributed by atoms with van der Waals surface area (Å²) in [6.07, 6.45) is 1.37. The first-order valence-corrected chi connectivity index (χ1v) is 10.5. The molecule has 2 amide bonds. The molecule has 148 valence electrons. The number of rotatable bonds is 5. The lowest BCUT2D eigenvalue weighted by atomic mass is 10.1. The third kappa shape index (κ3) is 4.17. The molecule has 0 aromatic heterocycles. The molecule has 8 heteroatoms. The molecule has 1 aliphatic rings. The maximum atomic E-state index is 12.9. The van der Waals surface area contributed by atoms with Crippen molar-refractivity contribution in [2.45, 2.75) is 30.7 Å². The van der Waals surface area contributed by atoms with Gasteiger partial charge in [0.1, 0.15) is 6.04 Å². The largest absolute Gasteiger partial charge is 0.357 e. The first-order chi connectivity index (χ1) is 13.3. The van der Waals surface area contributed by atoms with Crippen LogP contribution in [0.25, 0.3) is 0 Å². The molecule has 2 aromatic rings. The van der Waals surface area contributed by atoms with Crippen LogP contribution in [0.1, 0.15) is 28.8 Å². The molecule has 2 aromatic carbocycles. The summed E-state index contributed by atoms with van der Waals surface area (Å²) in [5, 5.41) is 2.58. The number of likely N-dealkylation sites (tertiary alicyclic amines) is 1. The van der Waals surface area contributed by atoms with E-state index >= 15 is 0 Å². The molecule has 0 bridgehead atoms. The molecular formula is C20H23N3O4S. The molecule has 1 unspecified atom stereocenters. The number of carbonyl (C=O) groups is 2. The van der Waals surface area contributed by atoms with E-state index in [0.717, 1.165) is 12.0 Å². The fraction of sp³-hybridized carbons (Fsp3) is 0.300. The summed E-state index contributed by atoms with van der Waals surface area (Å²) < 4.78 is 27.6. The highest BCUT2D eigenvalue weighted by atomic mass is 32.2. The van der Waals surface area contributed by atoms with Gasteiger partial charge in [0, 0.05) is 24.8 Å². The predicted molar refractivity (Wildman–Crippen MR) is 107 cm³/mol. The number of benzene rings is 2. The zero-order chi connectivity index (χ0) is 20.3. The topological polar surface area (TPSA) is 95.6 Å². The van der Waals surface area contributed by atoms with Crippen molar-refractivity contribution in [3.8, 4) is 0 Å². The molecule has 1 heterocycles. The number of aryl methyl sites for hydroxylation is 1. The molecule has 0 spiro atoms. The van der Waals surface area contributed by atoms with Crippen molar-refractivity contribution in [2.24, 2.45) is 0 Å². The SMILES string of the molecule is CNC(=O)C1CCCN1C(=O)c1cccc(NS(=O)(=O)c2ccc(C)cc2)c1. The average molecular weight is 401 g/mol. The van der Waals surface area contributed by atoms with Crippen LogP contribution in [-0.4, -0.2) is 44.8 Å². The van der Waals surface area contributed by atoms with Gasteiger partial charge in [-0.3, -0.25) is 14.3 Å². The Labute approximate surface area is 164 Å². The highest BCUT2D eigenvalue weighted by Crippen LogP contribution is 2.23. The lowest BCUT2D eigenvalue weighted by Crippen LogP contribution is -2.44. The molecule has 3 rings (SSSR count). The molecule has 1 saturated heterocycles. The Hall–Kier alpha value is -2.87. The van der Waals surface area contributed by atoms with Gasteiger partial charge in [0.15, 0.2) is 0 Å². The molecular weight excluding hydrogens is 378 g/mol. The van der Waals surface area contributed by atoms with Crippen LogP contribution in [0.5, 0.6) is 0 Å². The van der Waals surface area contributed by atoms with E-state index in [-0.39, 0.29) is 16.7 Å². The highest BCUT2D eigenvalue weighted by Gasteiger charge is 2.34. The summed E-state index contributed by atoms with van der Waals surface area (Å²) in [4.78, 5) is 26.6. The Morgan fingerprint density at radius 1 is 1.11 bits per heavy atom. The second-order valence-corrected chi connectivity index (χ2v) is 8.45. The number of sulfonamides is 1. The number of amides is 2. The van der Waals surface area contributed by atoms with Crippen LogP contribution in [0.4, 0.5) is 5.69 Å². The molecule has 1 atom stereocenters.